The molecule has 2 aliphatic rings. The van der Waals surface area contributed by atoms with Gasteiger partial charge in [0.15, 0.2) is 0 Å². The first kappa shape index (κ1) is 15.0. The van der Waals surface area contributed by atoms with Gasteiger partial charge in [0.2, 0.25) is 5.91 Å². The molecule has 2 fully saturated rings. The van der Waals surface area contributed by atoms with E-state index in [0.29, 0.717) is 18.5 Å². The van der Waals surface area contributed by atoms with Crippen LogP contribution in [0.15, 0.2) is 17.5 Å². The van der Waals surface area contributed by atoms with Gasteiger partial charge in [0, 0.05) is 24.0 Å². The second kappa shape index (κ2) is 6.93. The number of likely N-dealkylation sites (N-methyl/N-ethyl adjacent to an activating group) is 1. The average molecular weight is 306 g/mol. The molecule has 4 heteroatoms. The molecule has 1 aromatic rings. The maximum Gasteiger partial charge on any atom is 0.227 e. The molecule has 21 heavy (non-hydrogen) atoms. The van der Waals surface area contributed by atoms with E-state index in [1.54, 1.807) is 11.3 Å². The molecule has 2 atom stereocenters. The molecule has 1 saturated carbocycles. The van der Waals surface area contributed by atoms with Crippen molar-refractivity contribution >= 4 is 17.2 Å². The zero-order valence-corrected chi connectivity index (χ0v) is 13.8. The van der Waals surface area contributed by atoms with Gasteiger partial charge in [-0.2, -0.15) is 0 Å². The van der Waals surface area contributed by atoms with Crippen molar-refractivity contribution < 1.29 is 4.79 Å². The Morgan fingerprint density at radius 2 is 2.05 bits per heavy atom. The van der Waals surface area contributed by atoms with Crippen LogP contribution < -0.4 is 0 Å². The van der Waals surface area contributed by atoms with Crippen LogP contribution in [-0.2, 0) is 11.2 Å². The van der Waals surface area contributed by atoms with Crippen LogP contribution in [0.3, 0.4) is 0 Å². The lowest BCUT2D eigenvalue weighted by molar-refractivity contribution is -0.133. The third kappa shape index (κ3) is 3.49. The highest BCUT2D eigenvalue weighted by atomic mass is 32.1. The van der Waals surface area contributed by atoms with E-state index < -0.39 is 0 Å². The monoisotopic (exact) mass is 306 g/mol. The van der Waals surface area contributed by atoms with Crippen LogP contribution in [0.4, 0.5) is 0 Å². The number of rotatable bonds is 4. The molecule has 3 rings (SSSR count). The molecule has 3 nitrogen and oxygen atoms in total. The Hall–Kier alpha value is -0.870. The van der Waals surface area contributed by atoms with Gasteiger partial charge in [-0.1, -0.05) is 18.9 Å². The van der Waals surface area contributed by atoms with Crippen molar-refractivity contribution in [3.05, 3.63) is 22.4 Å². The molecule has 1 aliphatic heterocycles. The van der Waals surface area contributed by atoms with E-state index in [1.165, 1.54) is 56.5 Å². The number of amides is 1. The van der Waals surface area contributed by atoms with E-state index in [1.807, 2.05) is 13.1 Å². The van der Waals surface area contributed by atoms with E-state index in [2.05, 4.69) is 21.2 Å². The minimum Gasteiger partial charge on any atom is -0.341 e. The fraction of sp³-hybridized carbons (Fsp3) is 0.706. The number of carbonyl (C=O) groups excluding carboxylic acids is 1. The van der Waals surface area contributed by atoms with Gasteiger partial charge in [-0.05, 0) is 50.2 Å². The first-order valence-electron chi connectivity index (χ1n) is 8.28. The summed E-state index contributed by atoms with van der Waals surface area (Å²) >= 11 is 1.68. The van der Waals surface area contributed by atoms with Crippen LogP contribution in [0.1, 0.15) is 43.4 Å². The van der Waals surface area contributed by atoms with Crippen molar-refractivity contribution in [2.45, 2.75) is 57.0 Å². The Balaban J connectivity index is 1.65. The number of likely N-dealkylation sites (tertiary alicyclic amines) is 1. The lowest BCUT2D eigenvalue weighted by atomic mass is 9.88. The predicted octanol–water partition coefficient (Wildman–Crippen LogP) is 3.16. The van der Waals surface area contributed by atoms with Crippen LogP contribution in [0.5, 0.6) is 0 Å². The Kier molecular flexibility index (Phi) is 4.96. The maximum atomic E-state index is 12.6. The quantitative estimate of drug-likeness (QED) is 0.853. The molecule has 0 radical (unpaired) electrons. The first-order valence-corrected chi connectivity index (χ1v) is 9.16. The van der Waals surface area contributed by atoms with Gasteiger partial charge in [-0.15, -0.1) is 11.3 Å². The largest absolute Gasteiger partial charge is 0.341 e. The van der Waals surface area contributed by atoms with E-state index in [4.69, 9.17) is 0 Å². The zero-order chi connectivity index (χ0) is 14.7. The highest BCUT2D eigenvalue weighted by Crippen LogP contribution is 2.29. The number of thiophene rings is 1. The third-order valence-corrected chi connectivity index (χ3v) is 5.98. The van der Waals surface area contributed by atoms with Crippen molar-refractivity contribution in [3.63, 3.8) is 0 Å². The summed E-state index contributed by atoms with van der Waals surface area (Å²) in [5.74, 6) is 0.286. The van der Waals surface area contributed by atoms with Crippen molar-refractivity contribution in [2.75, 3.05) is 20.1 Å². The molecular formula is C17H26N2OS. The lowest BCUT2D eigenvalue weighted by Crippen LogP contribution is -2.53. The summed E-state index contributed by atoms with van der Waals surface area (Å²) in [6.45, 7) is 2.46. The van der Waals surface area contributed by atoms with Crippen LogP contribution >= 0.6 is 11.3 Å². The van der Waals surface area contributed by atoms with Crippen molar-refractivity contribution in [1.29, 1.82) is 0 Å². The highest BCUT2D eigenvalue weighted by Gasteiger charge is 2.35. The molecule has 1 aromatic heterocycles. The van der Waals surface area contributed by atoms with Gasteiger partial charge >= 0.3 is 0 Å². The van der Waals surface area contributed by atoms with E-state index in [9.17, 15) is 4.79 Å². The lowest BCUT2D eigenvalue weighted by Gasteiger charge is -2.42. The molecule has 0 N–H and O–H groups in total. The van der Waals surface area contributed by atoms with Crippen molar-refractivity contribution in [2.24, 2.45) is 0 Å². The average Bonchev–Trinajstić information content (AvgIpc) is 3.19. The second-order valence-electron chi connectivity index (χ2n) is 6.42. The van der Waals surface area contributed by atoms with Gasteiger partial charge in [0.25, 0.3) is 0 Å². The predicted molar refractivity (Wildman–Crippen MR) is 87.6 cm³/mol. The maximum absolute atomic E-state index is 12.6. The van der Waals surface area contributed by atoms with Gasteiger partial charge in [0.1, 0.15) is 0 Å². The fourth-order valence-corrected chi connectivity index (χ4v) is 4.61. The molecular weight excluding hydrogens is 280 g/mol. The highest BCUT2D eigenvalue weighted by molar-refractivity contribution is 7.10. The topological polar surface area (TPSA) is 23.6 Å². The summed E-state index contributed by atoms with van der Waals surface area (Å²) in [7, 11) is 2.02. The molecule has 2 heterocycles. The number of carbonyl (C=O) groups is 1. The van der Waals surface area contributed by atoms with Crippen LogP contribution in [-0.4, -0.2) is 47.9 Å². The van der Waals surface area contributed by atoms with Gasteiger partial charge in [0.05, 0.1) is 6.42 Å². The normalized spacial score (nSPS) is 26.9. The van der Waals surface area contributed by atoms with Crippen molar-refractivity contribution in [1.82, 2.24) is 9.80 Å². The summed E-state index contributed by atoms with van der Waals surface area (Å²) in [6, 6.07) is 5.11. The van der Waals surface area contributed by atoms with Crippen LogP contribution in [0.25, 0.3) is 0 Å². The van der Waals surface area contributed by atoms with Gasteiger partial charge in [-0.25, -0.2) is 0 Å². The van der Waals surface area contributed by atoms with Crippen LogP contribution in [0.2, 0.25) is 0 Å². The van der Waals surface area contributed by atoms with Gasteiger partial charge < -0.3 is 4.90 Å². The Bertz CT molecular complexity index is 453. The Labute approximate surface area is 131 Å². The molecule has 116 valence electrons. The molecule has 1 amide bonds. The SMILES string of the molecule is CN(C(=O)Cc1cccs1)[C@H]1CCCC[C@H]1N1CCCC1. The summed E-state index contributed by atoms with van der Waals surface area (Å²) in [5.41, 5.74) is 0. The second-order valence-corrected chi connectivity index (χ2v) is 7.46. The number of hydrogen-bond acceptors (Lipinski definition) is 3. The van der Waals surface area contributed by atoms with Gasteiger partial charge in [-0.3, -0.25) is 9.69 Å². The van der Waals surface area contributed by atoms with E-state index >= 15 is 0 Å². The minimum absolute atomic E-state index is 0.286. The van der Waals surface area contributed by atoms with E-state index in [-0.39, 0.29) is 5.91 Å². The Morgan fingerprint density at radius 3 is 2.76 bits per heavy atom. The minimum atomic E-state index is 0.286. The van der Waals surface area contributed by atoms with Crippen molar-refractivity contribution in [3.8, 4) is 0 Å². The first-order chi connectivity index (χ1) is 10.3. The Morgan fingerprint density at radius 1 is 1.29 bits per heavy atom. The molecule has 0 unspecified atom stereocenters. The molecule has 0 aromatic carbocycles. The summed E-state index contributed by atoms with van der Waals surface area (Å²) in [6.07, 6.45) is 8.26. The standard InChI is InChI=1S/C17H26N2OS/c1-18(17(20)13-14-7-6-12-21-14)15-8-2-3-9-16(15)19-10-4-5-11-19/h6-7,12,15-16H,2-5,8-11,13H2,1H3/t15-,16+/m0/s1. The molecule has 0 spiro atoms. The summed E-state index contributed by atoms with van der Waals surface area (Å²) < 4.78 is 0. The number of nitrogens with zero attached hydrogens (tertiary/aromatic N) is 2. The molecule has 1 saturated heterocycles. The fourth-order valence-electron chi connectivity index (χ4n) is 3.91. The zero-order valence-electron chi connectivity index (χ0n) is 13.0. The molecule has 0 bridgehead atoms. The molecule has 1 aliphatic carbocycles. The number of hydrogen-bond donors (Lipinski definition) is 0. The summed E-state index contributed by atoms with van der Waals surface area (Å²) in [5, 5.41) is 2.05. The van der Waals surface area contributed by atoms with Crippen LogP contribution in [0, 0.1) is 0 Å². The third-order valence-electron chi connectivity index (χ3n) is 5.10. The van der Waals surface area contributed by atoms with E-state index in [0.717, 1.165) is 0 Å². The summed E-state index contributed by atoms with van der Waals surface area (Å²) in [4.78, 5) is 18.5. The smallest absolute Gasteiger partial charge is 0.227 e.